The molecule has 2 unspecified atom stereocenters. The third-order valence-corrected chi connectivity index (χ3v) is 3.52. The van der Waals surface area contributed by atoms with Gasteiger partial charge in [-0.1, -0.05) is 0 Å². The molecule has 0 N–H and O–H groups in total. The highest BCUT2D eigenvalue weighted by atomic mass is 19.1. The molecule has 1 heterocycles. The number of ketones is 1. The molecule has 0 spiro atoms. The molecule has 0 aromatic heterocycles. The van der Waals surface area contributed by atoms with E-state index in [2.05, 4.69) is 0 Å². The second kappa shape index (κ2) is 5.67. The van der Waals surface area contributed by atoms with Gasteiger partial charge in [-0.25, -0.2) is 4.39 Å². The minimum absolute atomic E-state index is 0.0723. The number of ether oxygens (including phenoxy) is 2. The zero-order valence-corrected chi connectivity index (χ0v) is 11.4. The highest BCUT2D eigenvalue weighted by Gasteiger charge is 2.34. The zero-order valence-electron chi connectivity index (χ0n) is 11.4. The number of nitrogens with zero attached hydrogens (tertiary/aromatic N) is 1. The maximum absolute atomic E-state index is 14.0. The maximum Gasteiger partial charge on any atom is 0.159 e. The Bertz CT molecular complexity index is 466. The molecule has 0 saturated carbocycles. The van der Waals surface area contributed by atoms with Crippen molar-refractivity contribution in [3.8, 4) is 0 Å². The van der Waals surface area contributed by atoms with Gasteiger partial charge in [0, 0.05) is 32.9 Å². The molecule has 104 valence electrons. The summed E-state index contributed by atoms with van der Waals surface area (Å²) in [6, 6.07) is 4.55. The number of carbonyl (C=O) groups is 1. The fourth-order valence-corrected chi connectivity index (χ4v) is 2.38. The summed E-state index contributed by atoms with van der Waals surface area (Å²) >= 11 is 0. The smallest absolute Gasteiger partial charge is 0.159 e. The van der Waals surface area contributed by atoms with Crippen LogP contribution in [-0.4, -0.2) is 45.3 Å². The summed E-state index contributed by atoms with van der Waals surface area (Å²) in [4.78, 5) is 13.1. The molecule has 0 aliphatic carbocycles. The molecule has 0 radical (unpaired) electrons. The van der Waals surface area contributed by atoms with E-state index in [9.17, 15) is 9.18 Å². The molecule has 1 saturated heterocycles. The number of benzene rings is 1. The van der Waals surface area contributed by atoms with Gasteiger partial charge in [0.15, 0.2) is 5.78 Å². The summed E-state index contributed by atoms with van der Waals surface area (Å²) in [7, 11) is 3.24. The average molecular weight is 267 g/mol. The second-order valence-corrected chi connectivity index (χ2v) is 4.68. The molecule has 4 nitrogen and oxygen atoms in total. The Kier molecular flexibility index (Phi) is 4.17. The molecule has 1 aliphatic rings. The van der Waals surface area contributed by atoms with Crippen molar-refractivity contribution in [3.63, 3.8) is 0 Å². The topological polar surface area (TPSA) is 38.8 Å². The van der Waals surface area contributed by atoms with Crippen LogP contribution in [0.4, 0.5) is 10.1 Å². The van der Waals surface area contributed by atoms with E-state index in [1.165, 1.54) is 13.0 Å². The number of hydrogen-bond donors (Lipinski definition) is 0. The van der Waals surface area contributed by atoms with Crippen LogP contribution in [0.2, 0.25) is 0 Å². The summed E-state index contributed by atoms with van der Waals surface area (Å²) in [6.07, 6.45) is -0.145. The molecule has 1 aliphatic heterocycles. The van der Waals surface area contributed by atoms with Gasteiger partial charge >= 0.3 is 0 Å². The Morgan fingerprint density at radius 3 is 2.26 bits per heavy atom. The van der Waals surface area contributed by atoms with Crippen LogP contribution in [0, 0.1) is 5.82 Å². The van der Waals surface area contributed by atoms with Gasteiger partial charge in [0.2, 0.25) is 0 Å². The van der Waals surface area contributed by atoms with Crippen molar-refractivity contribution >= 4 is 11.5 Å². The Morgan fingerprint density at radius 1 is 1.26 bits per heavy atom. The van der Waals surface area contributed by atoms with Gasteiger partial charge in [0.25, 0.3) is 0 Å². The third-order valence-electron chi connectivity index (χ3n) is 3.52. The lowest BCUT2D eigenvalue weighted by atomic mass is 10.1. The van der Waals surface area contributed by atoms with Gasteiger partial charge in [-0.15, -0.1) is 0 Å². The Morgan fingerprint density at radius 2 is 1.84 bits per heavy atom. The van der Waals surface area contributed by atoms with E-state index in [0.29, 0.717) is 24.3 Å². The number of halogens is 1. The fraction of sp³-hybridized carbons (Fsp3) is 0.500. The van der Waals surface area contributed by atoms with Crippen LogP contribution >= 0.6 is 0 Å². The maximum atomic E-state index is 14.0. The van der Waals surface area contributed by atoms with Gasteiger partial charge in [0.1, 0.15) is 18.0 Å². The molecule has 1 aromatic rings. The number of Topliss-reactive ketones (excluding diaryl/α,β-unsaturated/α-hetero) is 1. The van der Waals surface area contributed by atoms with Crippen molar-refractivity contribution in [3.05, 3.63) is 29.6 Å². The van der Waals surface area contributed by atoms with Gasteiger partial charge in [-0.2, -0.15) is 0 Å². The normalized spacial score (nSPS) is 22.8. The second-order valence-electron chi connectivity index (χ2n) is 4.68. The number of anilines is 1. The standard InChI is InChI=1S/C14H18FNO3/c1-9(17)10-4-5-12(11(15)6-10)16-7-13(18-2)14(8-16)19-3/h4-6,13-14H,7-8H2,1-3H3. The number of carbonyl (C=O) groups excluding carboxylic acids is 1. The van der Waals surface area contributed by atoms with Crippen molar-refractivity contribution in [2.45, 2.75) is 19.1 Å². The highest BCUT2D eigenvalue weighted by molar-refractivity contribution is 5.94. The lowest BCUT2D eigenvalue weighted by Crippen LogP contribution is -2.27. The molecular formula is C14H18FNO3. The SMILES string of the molecule is COC1CN(c2ccc(C(C)=O)cc2F)CC1OC. The molecule has 0 amide bonds. The molecule has 0 bridgehead atoms. The summed E-state index contributed by atoms with van der Waals surface area (Å²) in [5, 5.41) is 0. The van der Waals surface area contributed by atoms with Crippen LogP contribution in [0.3, 0.4) is 0 Å². The number of methoxy groups -OCH3 is 2. The van der Waals surface area contributed by atoms with Crippen molar-refractivity contribution in [1.82, 2.24) is 0 Å². The van der Waals surface area contributed by atoms with E-state index < -0.39 is 0 Å². The van der Waals surface area contributed by atoms with E-state index in [1.807, 2.05) is 4.90 Å². The van der Waals surface area contributed by atoms with Crippen molar-refractivity contribution < 1.29 is 18.7 Å². The Balaban J connectivity index is 2.21. The predicted octanol–water partition coefficient (Wildman–Crippen LogP) is 1.88. The Hall–Kier alpha value is -1.46. The van der Waals surface area contributed by atoms with Gasteiger partial charge in [-0.3, -0.25) is 4.79 Å². The van der Waals surface area contributed by atoms with Crippen LogP contribution in [0.25, 0.3) is 0 Å². The summed E-state index contributed by atoms with van der Waals surface area (Å²) < 4.78 is 24.7. The quantitative estimate of drug-likeness (QED) is 0.781. The van der Waals surface area contributed by atoms with Crippen LogP contribution < -0.4 is 4.90 Å². The molecule has 1 fully saturated rings. The van der Waals surface area contributed by atoms with E-state index >= 15 is 0 Å². The summed E-state index contributed by atoms with van der Waals surface area (Å²) in [6.45, 7) is 2.57. The highest BCUT2D eigenvalue weighted by Crippen LogP contribution is 2.26. The largest absolute Gasteiger partial charge is 0.377 e. The Labute approximate surface area is 112 Å². The first kappa shape index (κ1) is 14.0. The first-order valence-electron chi connectivity index (χ1n) is 6.17. The van der Waals surface area contributed by atoms with Crippen molar-refractivity contribution in [1.29, 1.82) is 0 Å². The summed E-state index contributed by atoms with van der Waals surface area (Å²) in [5.74, 6) is -0.532. The molecule has 5 heteroatoms. The third kappa shape index (κ3) is 2.77. The minimum Gasteiger partial charge on any atom is -0.377 e. The van der Waals surface area contributed by atoms with Crippen molar-refractivity contribution in [2.75, 3.05) is 32.2 Å². The van der Waals surface area contributed by atoms with Crippen molar-refractivity contribution in [2.24, 2.45) is 0 Å². The molecule has 2 rings (SSSR count). The molecule has 1 aromatic carbocycles. The first-order chi connectivity index (χ1) is 9.06. The fourth-order valence-electron chi connectivity index (χ4n) is 2.38. The van der Waals surface area contributed by atoms with Gasteiger partial charge < -0.3 is 14.4 Å². The minimum atomic E-state index is -0.390. The van der Waals surface area contributed by atoms with E-state index in [-0.39, 0.29) is 23.8 Å². The van der Waals surface area contributed by atoms with Gasteiger partial charge in [-0.05, 0) is 25.1 Å². The molecule has 2 atom stereocenters. The molecular weight excluding hydrogens is 249 g/mol. The number of hydrogen-bond acceptors (Lipinski definition) is 4. The van der Waals surface area contributed by atoms with E-state index in [1.54, 1.807) is 26.4 Å². The van der Waals surface area contributed by atoms with Gasteiger partial charge in [0.05, 0.1) is 5.69 Å². The monoisotopic (exact) mass is 267 g/mol. The summed E-state index contributed by atoms with van der Waals surface area (Å²) in [5.41, 5.74) is 0.860. The lowest BCUT2D eigenvalue weighted by molar-refractivity contribution is -0.00461. The van der Waals surface area contributed by atoms with Crippen LogP contribution in [-0.2, 0) is 9.47 Å². The number of rotatable bonds is 4. The van der Waals surface area contributed by atoms with Crippen LogP contribution in [0.15, 0.2) is 18.2 Å². The van der Waals surface area contributed by atoms with Crippen LogP contribution in [0.1, 0.15) is 17.3 Å². The first-order valence-corrected chi connectivity index (χ1v) is 6.17. The molecule has 19 heavy (non-hydrogen) atoms. The van der Waals surface area contributed by atoms with Crippen LogP contribution in [0.5, 0.6) is 0 Å². The average Bonchev–Trinajstić information content (AvgIpc) is 2.81. The van der Waals surface area contributed by atoms with E-state index in [0.717, 1.165) is 0 Å². The van der Waals surface area contributed by atoms with E-state index in [4.69, 9.17) is 9.47 Å². The predicted molar refractivity (Wildman–Crippen MR) is 70.2 cm³/mol. The lowest BCUT2D eigenvalue weighted by Gasteiger charge is -2.19. The zero-order chi connectivity index (χ0) is 14.0.